The topological polar surface area (TPSA) is 152 Å². The molecular formula is C10H14N4O6S. The van der Waals surface area contributed by atoms with Crippen LogP contribution in [-0.4, -0.2) is 48.7 Å². The summed E-state index contributed by atoms with van der Waals surface area (Å²) in [5.74, 6) is -1.38. The molecule has 10 nitrogen and oxygen atoms in total. The van der Waals surface area contributed by atoms with Crippen LogP contribution in [0.2, 0.25) is 0 Å². The van der Waals surface area contributed by atoms with Crippen LogP contribution < -0.4 is 10.0 Å². The number of nitrogens with one attached hydrogen (secondary N) is 2. The number of pyridine rings is 1. The third-order valence-corrected chi connectivity index (χ3v) is 3.05. The molecule has 0 amide bonds. The lowest BCUT2D eigenvalue weighted by molar-refractivity contribution is -0.384. The van der Waals surface area contributed by atoms with E-state index < -0.39 is 26.6 Å². The van der Waals surface area contributed by atoms with E-state index in [4.69, 9.17) is 5.11 Å². The Kier molecular flexibility index (Phi) is 5.55. The van der Waals surface area contributed by atoms with Crippen molar-refractivity contribution in [3.63, 3.8) is 0 Å². The minimum absolute atomic E-state index is 0.0654. The summed E-state index contributed by atoms with van der Waals surface area (Å²) in [7, 11) is -3.27. The van der Waals surface area contributed by atoms with Crippen molar-refractivity contribution in [2.75, 3.05) is 24.7 Å². The van der Waals surface area contributed by atoms with Gasteiger partial charge >= 0.3 is 11.7 Å². The van der Waals surface area contributed by atoms with Crippen LogP contribution in [0.15, 0.2) is 12.3 Å². The maximum absolute atomic E-state index is 10.9. The van der Waals surface area contributed by atoms with Gasteiger partial charge in [-0.25, -0.2) is 22.9 Å². The van der Waals surface area contributed by atoms with Crippen molar-refractivity contribution in [3.05, 3.63) is 27.9 Å². The van der Waals surface area contributed by atoms with Crippen LogP contribution in [0, 0.1) is 10.1 Å². The zero-order chi connectivity index (χ0) is 16.0. The maximum Gasteiger partial charge on any atom is 0.337 e. The van der Waals surface area contributed by atoms with E-state index >= 15 is 0 Å². The van der Waals surface area contributed by atoms with Crippen LogP contribution in [0.4, 0.5) is 11.5 Å². The smallest absolute Gasteiger partial charge is 0.337 e. The predicted octanol–water partition coefficient (Wildman–Crippen LogP) is 0.0392. The molecule has 0 fully saturated rings. The normalized spacial score (nSPS) is 11.1. The predicted molar refractivity (Wildman–Crippen MR) is 73.8 cm³/mol. The summed E-state index contributed by atoms with van der Waals surface area (Å²) in [5, 5.41) is 22.3. The molecule has 1 aromatic heterocycles. The lowest BCUT2D eigenvalue weighted by Gasteiger charge is -2.07. The Hall–Kier alpha value is -2.27. The van der Waals surface area contributed by atoms with Gasteiger partial charge < -0.3 is 10.4 Å². The van der Waals surface area contributed by atoms with Crippen molar-refractivity contribution in [2.24, 2.45) is 0 Å². The fourth-order valence-electron chi connectivity index (χ4n) is 1.40. The molecule has 0 radical (unpaired) electrons. The van der Waals surface area contributed by atoms with Crippen LogP contribution in [0.1, 0.15) is 16.8 Å². The number of sulfonamides is 1. The van der Waals surface area contributed by atoms with Gasteiger partial charge in [-0.05, 0) is 6.42 Å². The molecule has 21 heavy (non-hydrogen) atoms. The summed E-state index contributed by atoms with van der Waals surface area (Å²) in [6, 6.07) is 0.909. The van der Waals surface area contributed by atoms with Gasteiger partial charge in [0.1, 0.15) is 0 Å². The van der Waals surface area contributed by atoms with Crippen molar-refractivity contribution in [1.29, 1.82) is 0 Å². The van der Waals surface area contributed by atoms with E-state index in [1.165, 1.54) is 0 Å². The first kappa shape index (κ1) is 16.8. The second-order valence-electron chi connectivity index (χ2n) is 4.10. The summed E-state index contributed by atoms with van der Waals surface area (Å²) in [4.78, 5) is 24.5. The van der Waals surface area contributed by atoms with Gasteiger partial charge in [0.05, 0.1) is 16.7 Å². The number of aromatic nitrogens is 1. The summed E-state index contributed by atoms with van der Waals surface area (Å²) >= 11 is 0. The van der Waals surface area contributed by atoms with Crippen molar-refractivity contribution < 1.29 is 23.2 Å². The van der Waals surface area contributed by atoms with Gasteiger partial charge in [-0.15, -0.1) is 0 Å². The second kappa shape index (κ2) is 6.95. The van der Waals surface area contributed by atoms with Gasteiger partial charge in [0.25, 0.3) is 0 Å². The highest BCUT2D eigenvalue weighted by molar-refractivity contribution is 7.88. The zero-order valence-corrected chi connectivity index (χ0v) is 11.9. The van der Waals surface area contributed by atoms with Crippen LogP contribution in [-0.2, 0) is 10.0 Å². The molecule has 1 aromatic rings. The van der Waals surface area contributed by atoms with Gasteiger partial charge in [0.15, 0.2) is 0 Å². The number of rotatable bonds is 8. The average Bonchev–Trinajstić information content (AvgIpc) is 2.36. The SMILES string of the molecule is CS(=O)(=O)NCCCNc1ncc(C(=O)O)cc1[N+](=O)[O-]. The molecule has 0 atom stereocenters. The molecule has 0 aliphatic rings. The highest BCUT2D eigenvalue weighted by atomic mass is 32.2. The third kappa shape index (κ3) is 5.71. The van der Waals surface area contributed by atoms with Gasteiger partial charge in [0, 0.05) is 25.4 Å². The third-order valence-electron chi connectivity index (χ3n) is 2.32. The van der Waals surface area contributed by atoms with E-state index in [1.807, 2.05) is 0 Å². The van der Waals surface area contributed by atoms with E-state index in [1.54, 1.807) is 0 Å². The molecule has 0 spiro atoms. The number of carboxylic acids is 1. The van der Waals surface area contributed by atoms with Crippen molar-refractivity contribution in [1.82, 2.24) is 9.71 Å². The van der Waals surface area contributed by atoms with Crippen LogP contribution in [0.3, 0.4) is 0 Å². The Morgan fingerprint density at radius 2 is 2.14 bits per heavy atom. The van der Waals surface area contributed by atoms with Crippen molar-refractivity contribution in [3.8, 4) is 0 Å². The van der Waals surface area contributed by atoms with E-state index in [9.17, 15) is 23.3 Å². The lowest BCUT2D eigenvalue weighted by Crippen LogP contribution is -2.24. The Morgan fingerprint density at radius 1 is 1.48 bits per heavy atom. The van der Waals surface area contributed by atoms with Crippen molar-refractivity contribution >= 4 is 27.5 Å². The number of nitrogens with zero attached hydrogens (tertiary/aromatic N) is 2. The number of hydrogen-bond donors (Lipinski definition) is 3. The average molecular weight is 318 g/mol. The monoisotopic (exact) mass is 318 g/mol. The molecule has 0 bridgehead atoms. The molecule has 3 N–H and O–H groups in total. The highest BCUT2D eigenvalue weighted by Gasteiger charge is 2.18. The molecule has 0 unspecified atom stereocenters. The molecule has 116 valence electrons. The first-order valence-corrected chi connectivity index (χ1v) is 7.66. The zero-order valence-electron chi connectivity index (χ0n) is 11.1. The number of carbonyl (C=O) groups is 1. The van der Waals surface area contributed by atoms with E-state index in [2.05, 4.69) is 15.0 Å². The molecular weight excluding hydrogens is 304 g/mol. The molecule has 0 aliphatic carbocycles. The summed E-state index contributed by atoms with van der Waals surface area (Å²) in [6.45, 7) is 0.412. The second-order valence-corrected chi connectivity index (χ2v) is 5.93. The van der Waals surface area contributed by atoms with Crippen LogP contribution in [0.5, 0.6) is 0 Å². The van der Waals surface area contributed by atoms with Gasteiger partial charge in [0.2, 0.25) is 15.8 Å². The van der Waals surface area contributed by atoms with Crippen LogP contribution >= 0.6 is 0 Å². The summed E-state index contributed by atoms with van der Waals surface area (Å²) in [5.41, 5.74) is -0.739. The number of carboxylic acid groups (broad SMARTS) is 1. The number of aromatic carboxylic acids is 1. The molecule has 0 saturated carbocycles. The van der Waals surface area contributed by atoms with E-state index in [0.717, 1.165) is 18.5 Å². The van der Waals surface area contributed by atoms with E-state index in [-0.39, 0.29) is 24.5 Å². The molecule has 1 rings (SSSR count). The standard InChI is InChI=1S/C10H14N4O6S/c1-21(19,20)13-4-2-3-11-9-8(14(17)18)5-7(6-12-9)10(15)16/h5-6,13H,2-4H2,1H3,(H,11,12)(H,15,16). The molecule has 0 aromatic carbocycles. The lowest BCUT2D eigenvalue weighted by atomic mass is 10.2. The first-order valence-electron chi connectivity index (χ1n) is 5.77. The van der Waals surface area contributed by atoms with Crippen molar-refractivity contribution in [2.45, 2.75) is 6.42 Å². The molecule has 1 heterocycles. The molecule has 0 saturated heterocycles. The quantitative estimate of drug-likeness (QED) is 0.345. The fourth-order valence-corrected chi connectivity index (χ4v) is 1.91. The summed E-state index contributed by atoms with van der Waals surface area (Å²) in [6.07, 6.45) is 2.41. The minimum Gasteiger partial charge on any atom is -0.478 e. The number of nitro groups is 1. The fraction of sp³-hybridized carbons (Fsp3) is 0.400. The first-order chi connectivity index (χ1) is 9.70. The molecule has 0 aliphatic heterocycles. The Morgan fingerprint density at radius 3 is 2.67 bits per heavy atom. The highest BCUT2D eigenvalue weighted by Crippen LogP contribution is 2.22. The van der Waals surface area contributed by atoms with Gasteiger partial charge in [-0.2, -0.15) is 0 Å². The Labute approximate surface area is 120 Å². The van der Waals surface area contributed by atoms with Gasteiger partial charge in [-0.1, -0.05) is 0 Å². The number of anilines is 1. The van der Waals surface area contributed by atoms with Crippen LogP contribution in [0.25, 0.3) is 0 Å². The number of hydrogen-bond acceptors (Lipinski definition) is 7. The maximum atomic E-state index is 10.9. The van der Waals surface area contributed by atoms with E-state index in [0.29, 0.717) is 6.42 Å². The van der Waals surface area contributed by atoms with Gasteiger partial charge in [-0.3, -0.25) is 10.1 Å². The minimum atomic E-state index is -3.27. The molecule has 11 heteroatoms. The Bertz CT molecular complexity index is 645. The Balaban J connectivity index is 2.66. The summed E-state index contributed by atoms with van der Waals surface area (Å²) < 4.78 is 23.9. The largest absolute Gasteiger partial charge is 0.478 e.